The van der Waals surface area contributed by atoms with E-state index in [2.05, 4.69) is 15.5 Å². The van der Waals surface area contributed by atoms with E-state index in [0.29, 0.717) is 44.7 Å². The molecule has 0 saturated carbocycles. The van der Waals surface area contributed by atoms with Crippen LogP contribution in [0.15, 0.2) is 41.7 Å². The van der Waals surface area contributed by atoms with Crippen LogP contribution in [-0.2, 0) is 0 Å². The van der Waals surface area contributed by atoms with Crippen molar-refractivity contribution < 1.29 is 14.7 Å². The third-order valence-electron chi connectivity index (χ3n) is 4.62. The van der Waals surface area contributed by atoms with E-state index >= 15 is 0 Å². The summed E-state index contributed by atoms with van der Waals surface area (Å²) >= 11 is 6.39. The fourth-order valence-electron chi connectivity index (χ4n) is 3.23. The molecule has 0 aliphatic heterocycles. The molecule has 4 rings (SSSR count). The highest BCUT2D eigenvalue weighted by atomic mass is 35.5. The summed E-state index contributed by atoms with van der Waals surface area (Å²) in [6.07, 6.45) is 2.91. The maximum Gasteiger partial charge on any atom is 0.163 e. The van der Waals surface area contributed by atoms with Gasteiger partial charge in [-0.2, -0.15) is 0 Å². The Hall–Kier alpha value is -3.52. The van der Waals surface area contributed by atoms with E-state index in [9.17, 15) is 0 Å². The number of oxime groups is 1. The van der Waals surface area contributed by atoms with Crippen molar-refractivity contribution in [3.8, 4) is 11.5 Å². The van der Waals surface area contributed by atoms with E-state index in [1.165, 1.54) is 6.21 Å². The van der Waals surface area contributed by atoms with Crippen molar-refractivity contribution in [2.45, 2.75) is 6.92 Å². The highest BCUT2D eigenvalue weighted by Crippen LogP contribution is 2.35. The van der Waals surface area contributed by atoms with Crippen LogP contribution in [0.2, 0.25) is 5.02 Å². The number of hydrogen-bond donors (Lipinski definition) is 2. The Kier molecular flexibility index (Phi) is 4.85. The summed E-state index contributed by atoms with van der Waals surface area (Å²) in [5.74, 6) is 2.07. The predicted octanol–water partition coefficient (Wildman–Crippen LogP) is 4.41. The normalized spacial score (nSPS) is 11.4. The molecule has 0 bridgehead atoms. The van der Waals surface area contributed by atoms with Gasteiger partial charge in [-0.05, 0) is 18.6 Å². The molecule has 2 heterocycles. The SMILES string of the molecule is COc1cc2nc(Nc3c(C)cccc3Cl)c3cnc(/C=N/O)n3c2cc1OC. The highest BCUT2D eigenvalue weighted by Gasteiger charge is 2.17. The van der Waals surface area contributed by atoms with Crippen LogP contribution >= 0.6 is 11.6 Å². The zero-order chi connectivity index (χ0) is 20.5. The van der Waals surface area contributed by atoms with E-state index in [1.807, 2.05) is 29.5 Å². The highest BCUT2D eigenvalue weighted by molar-refractivity contribution is 6.33. The Morgan fingerprint density at radius 1 is 1.17 bits per heavy atom. The van der Waals surface area contributed by atoms with Crippen LogP contribution in [0.5, 0.6) is 11.5 Å². The number of fused-ring (bicyclic) bond motifs is 3. The van der Waals surface area contributed by atoms with Crippen LogP contribution in [0.3, 0.4) is 0 Å². The van der Waals surface area contributed by atoms with Crippen molar-refractivity contribution in [1.29, 1.82) is 0 Å². The Morgan fingerprint density at radius 2 is 1.93 bits per heavy atom. The van der Waals surface area contributed by atoms with Crippen LogP contribution in [0, 0.1) is 6.92 Å². The third-order valence-corrected chi connectivity index (χ3v) is 4.94. The van der Waals surface area contributed by atoms with Gasteiger partial charge >= 0.3 is 0 Å². The number of halogens is 1. The van der Waals surface area contributed by atoms with E-state index in [4.69, 9.17) is 31.3 Å². The van der Waals surface area contributed by atoms with Crippen molar-refractivity contribution in [3.05, 3.63) is 52.9 Å². The topological polar surface area (TPSA) is 93.3 Å². The number of anilines is 2. The second kappa shape index (κ2) is 7.48. The molecule has 0 saturated heterocycles. The van der Waals surface area contributed by atoms with Crippen molar-refractivity contribution in [2.75, 3.05) is 19.5 Å². The summed E-state index contributed by atoms with van der Waals surface area (Å²) in [4.78, 5) is 9.11. The summed E-state index contributed by atoms with van der Waals surface area (Å²) in [5.41, 5.74) is 3.75. The number of methoxy groups -OCH3 is 2. The molecule has 4 aromatic rings. The zero-order valence-electron chi connectivity index (χ0n) is 16.0. The Labute approximate surface area is 171 Å². The number of nitrogens with one attached hydrogen (secondary N) is 1. The molecule has 0 radical (unpaired) electrons. The number of imidazole rings is 1. The van der Waals surface area contributed by atoms with Gasteiger partial charge in [0.15, 0.2) is 23.1 Å². The second-order valence-corrected chi connectivity index (χ2v) is 6.70. The van der Waals surface area contributed by atoms with Gasteiger partial charge in [0, 0.05) is 12.1 Å². The molecule has 0 fully saturated rings. The van der Waals surface area contributed by atoms with Crippen LogP contribution in [0.1, 0.15) is 11.4 Å². The van der Waals surface area contributed by atoms with Crippen molar-refractivity contribution in [2.24, 2.45) is 5.16 Å². The molecule has 2 aromatic carbocycles. The number of aromatic nitrogens is 3. The summed E-state index contributed by atoms with van der Waals surface area (Å²) in [6.45, 7) is 1.96. The molecule has 0 atom stereocenters. The maximum atomic E-state index is 9.05. The molecule has 2 aromatic heterocycles. The first-order chi connectivity index (χ1) is 14.1. The minimum absolute atomic E-state index is 0.432. The monoisotopic (exact) mass is 411 g/mol. The third kappa shape index (κ3) is 3.17. The first-order valence-corrected chi connectivity index (χ1v) is 9.08. The molecule has 2 N–H and O–H groups in total. The number of benzene rings is 2. The van der Waals surface area contributed by atoms with Crippen LogP contribution in [0.25, 0.3) is 16.6 Å². The minimum Gasteiger partial charge on any atom is -0.493 e. The molecule has 0 unspecified atom stereocenters. The van der Waals surface area contributed by atoms with Gasteiger partial charge in [0.05, 0.1) is 42.2 Å². The fraction of sp³-hybridized carbons (Fsp3) is 0.150. The molecule has 29 heavy (non-hydrogen) atoms. The van der Waals surface area contributed by atoms with Crippen molar-refractivity contribution >= 4 is 45.9 Å². The molecule has 8 nitrogen and oxygen atoms in total. The summed E-state index contributed by atoms with van der Waals surface area (Å²) in [7, 11) is 3.13. The lowest BCUT2D eigenvalue weighted by Crippen LogP contribution is -2.04. The van der Waals surface area contributed by atoms with Crippen molar-refractivity contribution in [1.82, 2.24) is 14.4 Å². The summed E-state index contributed by atoms with van der Waals surface area (Å²) in [6, 6.07) is 9.23. The smallest absolute Gasteiger partial charge is 0.163 e. The quantitative estimate of drug-likeness (QED) is 0.287. The molecule has 9 heteroatoms. The van der Waals surface area contributed by atoms with Crippen LogP contribution in [0.4, 0.5) is 11.5 Å². The average Bonchev–Trinajstić information content (AvgIpc) is 3.14. The second-order valence-electron chi connectivity index (χ2n) is 6.29. The molecular formula is C20H18ClN5O3. The van der Waals surface area contributed by atoms with Gasteiger partial charge in [0.25, 0.3) is 0 Å². The maximum absolute atomic E-state index is 9.05. The summed E-state index contributed by atoms with van der Waals surface area (Å²) < 4.78 is 12.7. The van der Waals surface area contributed by atoms with Crippen LogP contribution in [-0.4, -0.2) is 40.0 Å². The zero-order valence-corrected chi connectivity index (χ0v) is 16.7. The van der Waals surface area contributed by atoms with Gasteiger partial charge in [-0.1, -0.05) is 28.9 Å². The van der Waals surface area contributed by atoms with Gasteiger partial charge in [-0.25, -0.2) is 9.97 Å². The lowest BCUT2D eigenvalue weighted by Gasteiger charge is -2.15. The summed E-state index contributed by atoms with van der Waals surface area (Å²) in [5, 5.41) is 16.1. The Bertz CT molecular complexity index is 1230. The van der Waals surface area contributed by atoms with E-state index in [1.54, 1.807) is 32.5 Å². The predicted molar refractivity (Wildman–Crippen MR) is 112 cm³/mol. The number of hydrogen-bond acceptors (Lipinski definition) is 7. The van der Waals surface area contributed by atoms with E-state index in [0.717, 1.165) is 11.3 Å². The molecule has 0 aliphatic carbocycles. The Morgan fingerprint density at radius 3 is 2.62 bits per heavy atom. The van der Waals surface area contributed by atoms with Gasteiger partial charge in [-0.15, -0.1) is 0 Å². The number of ether oxygens (including phenoxy) is 2. The molecule has 148 valence electrons. The first kappa shape index (κ1) is 18.8. The minimum atomic E-state index is 0.432. The standard InChI is InChI=1S/C20H18ClN5O3/c1-11-5-4-6-12(21)19(11)25-20-15-9-22-18(10-23-27)26(15)14-8-17(29-3)16(28-2)7-13(14)24-20/h4-10,27H,1-3H3,(H,24,25)/b23-10+. The van der Waals surface area contributed by atoms with Gasteiger partial charge in [0.2, 0.25) is 0 Å². The van der Waals surface area contributed by atoms with Crippen molar-refractivity contribution in [3.63, 3.8) is 0 Å². The molecule has 0 aliphatic rings. The Balaban J connectivity index is 2.04. The lowest BCUT2D eigenvalue weighted by atomic mass is 10.2. The molecule has 0 spiro atoms. The first-order valence-electron chi connectivity index (χ1n) is 8.70. The fourth-order valence-corrected chi connectivity index (χ4v) is 3.50. The van der Waals surface area contributed by atoms with Gasteiger partial charge in [-0.3, -0.25) is 4.40 Å². The van der Waals surface area contributed by atoms with Gasteiger partial charge < -0.3 is 20.0 Å². The van der Waals surface area contributed by atoms with E-state index < -0.39 is 0 Å². The number of aryl methyl sites for hydroxylation is 1. The average molecular weight is 412 g/mol. The molecule has 0 amide bonds. The number of nitrogens with zero attached hydrogens (tertiary/aromatic N) is 4. The van der Waals surface area contributed by atoms with E-state index in [-0.39, 0.29) is 0 Å². The van der Waals surface area contributed by atoms with Gasteiger partial charge in [0.1, 0.15) is 11.7 Å². The molecular weight excluding hydrogens is 394 g/mol. The lowest BCUT2D eigenvalue weighted by molar-refractivity contribution is 0.321. The number of rotatable bonds is 5. The largest absolute Gasteiger partial charge is 0.493 e. The number of para-hydroxylation sites is 1. The van der Waals surface area contributed by atoms with Crippen LogP contribution < -0.4 is 14.8 Å².